The van der Waals surface area contributed by atoms with Gasteiger partial charge in [-0.05, 0) is 19.8 Å². The molecule has 0 aromatic rings. The Morgan fingerprint density at radius 3 is 2.47 bits per heavy atom. The van der Waals surface area contributed by atoms with Crippen LogP contribution in [-0.4, -0.2) is 48.1 Å². The van der Waals surface area contributed by atoms with Gasteiger partial charge in [0.25, 0.3) is 5.91 Å². The predicted octanol–water partition coefficient (Wildman–Crippen LogP) is 1.04. The first-order valence-corrected chi connectivity index (χ1v) is 6.38. The molecule has 98 valence electrons. The van der Waals surface area contributed by atoms with Crippen LogP contribution in [-0.2, 0) is 14.3 Å². The summed E-state index contributed by atoms with van der Waals surface area (Å²) in [7, 11) is 0. The van der Waals surface area contributed by atoms with Crippen molar-refractivity contribution >= 4 is 11.9 Å². The van der Waals surface area contributed by atoms with E-state index in [1.54, 1.807) is 11.9 Å². The van der Waals surface area contributed by atoms with E-state index in [1.165, 1.54) is 0 Å². The van der Waals surface area contributed by atoms with Gasteiger partial charge in [-0.2, -0.15) is 0 Å². The van der Waals surface area contributed by atoms with Gasteiger partial charge in [-0.3, -0.25) is 14.6 Å². The minimum absolute atomic E-state index is 0.112. The molecule has 0 bridgehead atoms. The monoisotopic (exact) mass is 242 g/mol. The summed E-state index contributed by atoms with van der Waals surface area (Å²) in [6.45, 7) is 8.11. The molecule has 17 heavy (non-hydrogen) atoms. The summed E-state index contributed by atoms with van der Waals surface area (Å²) < 4.78 is 4.94. The van der Waals surface area contributed by atoms with Crippen molar-refractivity contribution in [3.05, 3.63) is 0 Å². The maximum Gasteiger partial charge on any atom is 0.319 e. The first kappa shape index (κ1) is 14.0. The molecule has 0 aliphatic carbocycles. The molecule has 1 amide bonds. The quantitative estimate of drug-likeness (QED) is 0.516. The van der Waals surface area contributed by atoms with Crippen LogP contribution in [0.5, 0.6) is 0 Å². The molecule has 0 aromatic carbocycles. The average Bonchev–Trinajstić information content (AvgIpc) is 2.59. The Bertz CT molecular complexity index is 281. The second-order valence-electron chi connectivity index (χ2n) is 4.18. The van der Waals surface area contributed by atoms with Gasteiger partial charge in [0.05, 0.1) is 6.61 Å². The van der Waals surface area contributed by atoms with Crippen LogP contribution in [0.15, 0.2) is 0 Å². The first-order valence-electron chi connectivity index (χ1n) is 6.38. The van der Waals surface area contributed by atoms with E-state index >= 15 is 0 Å². The Hall–Kier alpha value is -1.10. The number of esters is 1. The fraction of sp³-hybridized carbons (Fsp3) is 0.833. The van der Waals surface area contributed by atoms with E-state index in [4.69, 9.17) is 4.74 Å². The first-order chi connectivity index (χ1) is 8.15. The molecule has 1 aliphatic heterocycles. The van der Waals surface area contributed by atoms with E-state index in [-0.39, 0.29) is 5.91 Å². The average molecular weight is 242 g/mol. The summed E-state index contributed by atoms with van der Waals surface area (Å²) in [6, 6.07) is 0. The standard InChI is InChI=1S/C12H22N2O3/c1-4-7-13-9-10(12(16)17-6-3)11(15)14(13)8-5-2/h10H,4-9H2,1-3H3. The lowest BCUT2D eigenvalue weighted by Crippen LogP contribution is -2.40. The largest absolute Gasteiger partial charge is 0.465 e. The number of carbonyl (C=O) groups excluding carboxylic acids is 2. The smallest absolute Gasteiger partial charge is 0.319 e. The maximum absolute atomic E-state index is 12.1. The molecular weight excluding hydrogens is 220 g/mol. The minimum Gasteiger partial charge on any atom is -0.465 e. The number of hydrogen-bond donors (Lipinski definition) is 0. The van der Waals surface area contributed by atoms with Crippen LogP contribution in [0.2, 0.25) is 0 Å². The normalized spacial score (nSPS) is 21.0. The van der Waals surface area contributed by atoms with Crippen LogP contribution in [0.4, 0.5) is 0 Å². The van der Waals surface area contributed by atoms with Gasteiger partial charge in [-0.15, -0.1) is 0 Å². The summed E-state index contributed by atoms with van der Waals surface area (Å²) in [5.41, 5.74) is 0. The Morgan fingerprint density at radius 2 is 1.94 bits per heavy atom. The lowest BCUT2D eigenvalue weighted by atomic mass is 10.1. The summed E-state index contributed by atoms with van der Waals surface area (Å²) in [5.74, 6) is -1.14. The molecule has 0 aromatic heterocycles. The maximum atomic E-state index is 12.1. The molecule has 0 N–H and O–H groups in total. The van der Waals surface area contributed by atoms with E-state index < -0.39 is 11.9 Å². The summed E-state index contributed by atoms with van der Waals surface area (Å²) in [6.07, 6.45) is 1.85. The fourth-order valence-electron chi connectivity index (χ4n) is 2.06. The van der Waals surface area contributed by atoms with Gasteiger partial charge in [0.15, 0.2) is 5.92 Å². The van der Waals surface area contributed by atoms with Gasteiger partial charge in [0.1, 0.15) is 0 Å². The molecule has 0 spiro atoms. The predicted molar refractivity (Wildman–Crippen MR) is 64.0 cm³/mol. The van der Waals surface area contributed by atoms with E-state index in [0.717, 1.165) is 19.4 Å². The number of hydrazine groups is 1. The van der Waals surface area contributed by atoms with Crippen LogP contribution in [0.1, 0.15) is 33.6 Å². The lowest BCUT2D eigenvalue weighted by Gasteiger charge is -2.26. The van der Waals surface area contributed by atoms with Crippen LogP contribution >= 0.6 is 0 Å². The van der Waals surface area contributed by atoms with Crippen molar-refractivity contribution in [2.24, 2.45) is 5.92 Å². The summed E-state index contributed by atoms with van der Waals surface area (Å²) in [5, 5.41) is 3.67. The Balaban J connectivity index is 2.71. The van der Waals surface area contributed by atoms with Gasteiger partial charge in [-0.1, -0.05) is 13.8 Å². The molecule has 1 saturated heterocycles. The third-order valence-electron chi connectivity index (χ3n) is 2.78. The third-order valence-corrected chi connectivity index (χ3v) is 2.78. The highest BCUT2D eigenvalue weighted by atomic mass is 16.5. The van der Waals surface area contributed by atoms with Crippen LogP contribution in [0.25, 0.3) is 0 Å². The lowest BCUT2D eigenvalue weighted by molar-refractivity contribution is -0.152. The van der Waals surface area contributed by atoms with Crippen molar-refractivity contribution in [2.75, 3.05) is 26.2 Å². The zero-order chi connectivity index (χ0) is 12.8. The second-order valence-corrected chi connectivity index (χ2v) is 4.18. The van der Waals surface area contributed by atoms with Crippen molar-refractivity contribution in [1.29, 1.82) is 0 Å². The molecule has 1 unspecified atom stereocenters. The molecule has 5 heteroatoms. The van der Waals surface area contributed by atoms with Gasteiger partial charge in [0.2, 0.25) is 0 Å². The third kappa shape index (κ3) is 3.19. The van der Waals surface area contributed by atoms with Gasteiger partial charge >= 0.3 is 5.97 Å². The molecule has 1 rings (SSSR count). The van der Waals surface area contributed by atoms with E-state index in [1.807, 2.05) is 11.9 Å². The number of hydrogen-bond acceptors (Lipinski definition) is 4. The van der Waals surface area contributed by atoms with Gasteiger partial charge in [0, 0.05) is 19.6 Å². The molecule has 1 heterocycles. The zero-order valence-electron chi connectivity index (χ0n) is 10.9. The number of nitrogens with zero attached hydrogens (tertiary/aromatic N) is 2. The van der Waals surface area contributed by atoms with E-state index in [9.17, 15) is 9.59 Å². The molecule has 1 atom stereocenters. The molecule has 1 fully saturated rings. The summed E-state index contributed by atoms with van der Waals surface area (Å²) >= 11 is 0. The molecular formula is C12H22N2O3. The van der Waals surface area contributed by atoms with Crippen molar-refractivity contribution in [1.82, 2.24) is 10.0 Å². The molecule has 0 saturated carbocycles. The second kappa shape index (κ2) is 6.59. The highest BCUT2D eigenvalue weighted by Gasteiger charge is 2.42. The zero-order valence-corrected chi connectivity index (χ0v) is 10.9. The number of ether oxygens (including phenoxy) is 1. The highest BCUT2D eigenvalue weighted by Crippen LogP contribution is 2.20. The van der Waals surface area contributed by atoms with Crippen LogP contribution in [0.3, 0.4) is 0 Å². The Morgan fingerprint density at radius 1 is 1.29 bits per heavy atom. The van der Waals surface area contributed by atoms with Crippen molar-refractivity contribution in [2.45, 2.75) is 33.6 Å². The van der Waals surface area contributed by atoms with Crippen molar-refractivity contribution in [3.63, 3.8) is 0 Å². The van der Waals surface area contributed by atoms with Crippen molar-refractivity contribution in [3.8, 4) is 0 Å². The number of amides is 1. The molecule has 1 aliphatic rings. The number of carbonyl (C=O) groups is 2. The van der Waals surface area contributed by atoms with Crippen LogP contribution < -0.4 is 0 Å². The van der Waals surface area contributed by atoms with Gasteiger partial charge < -0.3 is 4.74 Å². The highest BCUT2D eigenvalue weighted by molar-refractivity contribution is 5.99. The van der Waals surface area contributed by atoms with E-state index in [0.29, 0.717) is 19.7 Å². The van der Waals surface area contributed by atoms with E-state index in [2.05, 4.69) is 6.92 Å². The summed E-state index contributed by atoms with van der Waals surface area (Å²) in [4.78, 5) is 23.7. The van der Waals surface area contributed by atoms with Crippen LogP contribution in [0, 0.1) is 5.92 Å². The van der Waals surface area contributed by atoms with Gasteiger partial charge in [-0.25, -0.2) is 5.01 Å². The number of rotatable bonds is 6. The minimum atomic E-state index is -0.631. The molecule has 0 radical (unpaired) electrons. The Labute approximate surface area is 103 Å². The molecule has 5 nitrogen and oxygen atoms in total. The fourth-order valence-corrected chi connectivity index (χ4v) is 2.06. The SMILES string of the molecule is CCCN1CC(C(=O)OCC)C(=O)N1CCC. The topological polar surface area (TPSA) is 49.9 Å². The van der Waals surface area contributed by atoms with Crippen molar-refractivity contribution < 1.29 is 14.3 Å². The Kier molecular flexibility index (Phi) is 5.41.